The second-order valence-electron chi connectivity index (χ2n) is 8.23. The van der Waals surface area contributed by atoms with E-state index in [2.05, 4.69) is 5.16 Å². The molecule has 0 unspecified atom stereocenters. The number of oxime groups is 1. The Labute approximate surface area is 189 Å². The summed E-state index contributed by atoms with van der Waals surface area (Å²) in [6.07, 6.45) is 2.43. The van der Waals surface area contributed by atoms with Crippen LogP contribution in [0.2, 0.25) is 0 Å². The standard InChI is InChI=1S/C24H24N4O5/c1-2-24(31)18-10-19-21-16(12-28(19)22(29)17(18)13-32-23(24)30)9-14-5-3-6-15(20(14)27-21)11-26-33-8-4-7-25/h3,5-6,9-11,31H,2,4,7-8,12-13,25H2,1H3/b26-11+/t24-/m0/s1. The summed E-state index contributed by atoms with van der Waals surface area (Å²) in [7, 11) is 0. The molecule has 9 heteroatoms. The van der Waals surface area contributed by atoms with Gasteiger partial charge in [0.25, 0.3) is 5.56 Å². The number of benzene rings is 1. The van der Waals surface area contributed by atoms with Crippen LogP contribution in [0.4, 0.5) is 0 Å². The molecule has 0 saturated heterocycles. The summed E-state index contributed by atoms with van der Waals surface area (Å²) in [5.41, 5.74) is 7.54. The molecule has 0 radical (unpaired) electrons. The zero-order valence-electron chi connectivity index (χ0n) is 18.2. The monoisotopic (exact) mass is 448 g/mol. The van der Waals surface area contributed by atoms with E-state index in [1.165, 1.54) is 0 Å². The Morgan fingerprint density at radius 1 is 1.36 bits per heavy atom. The van der Waals surface area contributed by atoms with Crippen molar-refractivity contribution in [2.75, 3.05) is 13.2 Å². The summed E-state index contributed by atoms with van der Waals surface area (Å²) in [6.45, 7) is 2.86. The highest BCUT2D eigenvalue weighted by Crippen LogP contribution is 2.38. The van der Waals surface area contributed by atoms with Gasteiger partial charge in [0.1, 0.15) is 13.2 Å². The van der Waals surface area contributed by atoms with Crippen LogP contribution >= 0.6 is 0 Å². The number of esters is 1. The Bertz CT molecular complexity index is 1360. The molecule has 1 atom stereocenters. The Kier molecular flexibility index (Phi) is 5.22. The number of pyridine rings is 2. The molecule has 2 aliphatic rings. The number of aliphatic hydroxyl groups is 1. The molecule has 4 heterocycles. The lowest BCUT2D eigenvalue weighted by Gasteiger charge is -2.31. The van der Waals surface area contributed by atoms with Gasteiger partial charge in [0.2, 0.25) is 0 Å². The van der Waals surface area contributed by atoms with Crippen molar-refractivity contribution in [3.05, 3.63) is 62.9 Å². The fraction of sp³-hybridized carbons (Fsp3) is 0.333. The molecule has 3 N–H and O–H groups in total. The number of fused-ring (bicyclic) bond motifs is 5. The third-order valence-electron chi connectivity index (χ3n) is 6.28. The molecule has 0 amide bonds. The molecule has 0 bridgehead atoms. The number of para-hydroxylation sites is 1. The second kappa shape index (κ2) is 8.09. The zero-order valence-corrected chi connectivity index (χ0v) is 18.2. The average molecular weight is 448 g/mol. The van der Waals surface area contributed by atoms with Gasteiger partial charge >= 0.3 is 5.97 Å². The maximum atomic E-state index is 13.3. The largest absolute Gasteiger partial charge is 0.458 e. The van der Waals surface area contributed by atoms with Gasteiger partial charge < -0.3 is 25.0 Å². The molecule has 1 aromatic carbocycles. The molecule has 0 spiro atoms. The van der Waals surface area contributed by atoms with E-state index in [9.17, 15) is 14.7 Å². The van der Waals surface area contributed by atoms with Crippen LogP contribution in [0.15, 0.2) is 40.3 Å². The normalized spacial score (nSPS) is 18.8. The van der Waals surface area contributed by atoms with Gasteiger partial charge in [-0.2, -0.15) is 0 Å². The first-order chi connectivity index (χ1) is 16.0. The predicted octanol–water partition coefficient (Wildman–Crippen LogP) is 1.78. The van der Waals surface area contributed by atoms with Crippen LogP contribution in [0.1, 0.15) is 42.0 Å². The van der Waals surface area contributed by atoms with Crippen LogP contribution in [0.5, 0.6) is 0 Å². The zero-order chi connectivity index (χ0) is 23.2. The SMILES string of the molecule is CC[C@@]1(O)C(=O)OCc2c1cc1n(c2=O)Cc2cc3cccc(/C=N/OCCCN)c3nc2-1. The molecule has 3 aromatic rings. The van der Waals surface area contributed by atoms with Gasteiger partial charge in [0, 0.05) is 22.1 Å². The fourth-order valence-corrected chi connectivity index (χ4v) is 4.43. The van der Waals surface area contributed by atoms with Gasteiger partial charge in [-0.1, -0.05) is 30.3 Å². The molecule has 0 fully saturated rings. The number of hydrogen-bond donors (Lipinski definition) is 2. The smallest absolute Gasteiger partial charge is 0.343 e. The van der Waals surface area contributed by atoms with Crippen LogP contribution in [0.3, 0.4) is 0 Å². The van der Waals surface area contributed by atoms with E-state index >= 15 is 0 Å². The Morgan fingerprint density at radius 3 is 3.00 bits per heavy atom. The van der Waals surface area contributed by atoms with E-state index in [1.54, 1.807) is 23.8 Å². The molecule has 33 heavy (non-hydrogen) atoms. The number of carbonyl (C=O) groups excluding carboxylic acids is 1. The Hall–Kier alpha value is -3.56. The lowest BCUT2D eigenvalue weighted by molar-refractivity contribution is -0.172. The molecule has 2 aliphatic heterocycles. The number of cyclic esters (lactones) is 1. The maximum absolute atomic E-state index is 13.3. The number of nitrogens with two attached hydrogens (primary N) is 1. The first kappa shape index (κ1) is 21.3. The van der Waals surface area contributed by atoms with Crippen molar-refractivity contribution >= 4 is 23.1 Å². The van der Waals surface area contributed by atoms with Crippen LogP contribution in [-0.4, -0.2) is 40.0 Å². The summed E-state index contributed by atoms with van der Waals surface area (Å²) in [4.78, 5) is 35.7. The van der Waals surface area contributed by atoms with Crippen LogP contribution in [0, 0.1) is 0 Å². The molecular weight excluding hydrogens is 424 g/mol. The highest BCUT2D eigenvalue weighted by Gasteiger charge is 2.45. The number of rotatable bonds is 6. The number of nitrogens with zero attached hydrogens (tertiary/aromatic N) is 3. The lowest BCUT2D eigenvalue weighted by atomic mass is 9.86. The molecule has 2 aromatic heterocycles. The van der Waals surface area contributed by atoms with E-state index in [0.29, 0.717) is 54.1 Å². The first-order valence-electron chi connectivity index (χ1n) is 10.9. The summed E-state index contributed by atoms with van der Waals surface area (Å²) in [6, 6.07) is 9.46. The maximum Gasteiger partial charge on any atom is 0.343 e. The van der Waals surface area contributed by atoms with Gasteiger partial charge in [0.05, 0.1) is 35.2 Å². The van der Waals surface area contributed by atoms with E-state index < -0.39 is 11.6 Å². The summed E-state index contributed by atoms with van der Waals surface area (Å²) in [5.74, 6) is -0.736. The molecular formula is C24H24N4O5. The first-order valence-corrected chi connectivity index (χ1v) is 10.9. The van der Waals surface area contributed by atoms with E-state index in [-0.39, 0.29) is 18.6 Å². The topological polar surface area (TPSA) is 129 Å². The van der Waals surface area contributed by atoms with Crippen molar-refractivity contribution < 1.29 is 19.5 Å². The second-order valence-corrected chi connectivity index (χ2v) is 8.23. The average Bonchev–Trinajstić information content (AvgIpc) is 3.18. The Morgan fingerprint density at radius 2 is 2.21 bits per heavy atom. The summed E-state index contributed by atoms with van der Waals surface area (Å²) < 4.78 is 6.74. The van der Waals surface area contributed by atoms with E-state index in [1.807, 2.05) is 24.3 Å². The lowest BCUT2D eigenvalue weighted by Crippen LogP contribution is -2.44. The van der Waals surface area contributed by atoms with Crippen molar-refractivity contribution in [3.8, 4) is 11.4 Å². The van der Waals surface area contributed by atoms with E-state index in [0.717, 1.165) is 16.5 Å². The molecule has 5 rings (SSSR count). The van der Waals surface area contributed by atoms with Crippen molar-refractivity contribution in [1.82, 2.24) is 9.55 Å². The van der Waals surface area contributed by atoms with Crippen molar-refractivity contribution in [3.63, 3.8) is 0 Å². The predicted molar refractivity (Wildman–Crippen MR) is 122 cm³/mol. The van der Waals surface area contributed by atoms with Crippen LogP contribution in [-0.2, 0) is 33.1 Å². The van der Waals surface area contributed by atoms with Gasteiger partial charge in [0.15, 0.2) is 5.60 Å². The summed E-state index contributed by atoms with van der Waals surface area (Å²) in [5, 5.41) is 15.9. The molecule has 0 aliphatic carbocycles. The molecule has 0 saturated carbocycles. The fourth-order valence-electron chi connectivity index (χ4n) is 4.43. The van der Waals surface area contributed by atoms with Gasteiger partial charge in [-0.3, -0.25) is 4.79 Å². The van der Waals surface area contributed by atoms with Crippen LogP contribution in [0.25, 0.3) is 22.3 Å². The minimum atomic E-state index is -1.85. The minimum Gasteiger partial charge on any atom is -0.458 e. The van der Waals surface area contributed by atoms with Gasteiger partial charge in [-0.25, -0.2) is 9.78 Å². The molecule has 9 nitrogen and oxygen atoms in total. The number of hydrogen-bond acceptors (Lipinski definition) is 8. The number of aromatic nitrogens is 2. The van der Waals surface area contributed by atoms with Crippen LogP contribution < -0.4 is 11.3 Å². The van der Waals surface area contributed by atoms with Gasteiger partial charge in [-0.05, 0) is 31.5 Å². The quantitative estimate of drug-likeness (QED) is 0.199. The van der Waals surface area contributed by atoms with Crippen molar-refractivity contribution in [1.29, 1.82) is 0 Å². The van der Waals surface area contributed by atoms with Crippen molar-refractivity contribution in [2.24, 2.45) is 10.9 Å². The summed E-state index contributed by atoms with van der Waals surface area (Å²) >= 11 is 0. The van der Waals surface area contributed by atoms with Gasteiger partial charge in [-0.15, -0.1) is 0 Å². The molecule has 170 valence electrons. The number of carbonyl (C=O) groups is 1. The highest BCUT2D eigenvalue weighted by molar-refractivity contribution is 5.98. The highest BCUT2D eigenvalue weighted by atomic mass is 16.6. The third kappa shape index (κ3) is 3.32. The minimum absolute atomic E-state index is 0.102. The van der Waals surface area contributed by atoms with Crippen molar-refractivity contribution in [2.45, 2.75) is 38.5 Å². The third-order valence-corrected chi connectivity index (χ3v) is 6.28. The van der Waals surface area contributed by atoms with E-state index in [4.69, 9.17) is 20.3 Å². The Balaban J connectivity index is 1.64. The number of ether oxygens (including phenoxy) is 1.